The molecular formula is C25H24N6O. The fourth-order valence-corrected chi connectivity index (χ4v) is 4.18. The lowest BCUT2D eigenvalue weighted by atomic mass is 9.91. The number of H-pyrrole nitrogens is 1. The summed E-state index contributed by atoms with van der Waals surface area (Å²) in [6.07, 6.45) is 2.15. The third kappa shape index (κ3) is 3.85. The van der Waals surface area contributed by atoms with Crippen LogP contribution in [0.5, 0.6) is 0 Å². The largest absolute Gasteiger partial charge is 0.361 e. The second-order valence-electron chi connectivity index (χ2n) is 8.01. The maximum atomic E-state index is 12.8. The second-order valence-corrected chi connectivity index (χ2v) is 8.01. The molecule has 1 amide bonds. The molecule has 32 heavy (non-hydrogen) atoms. The summed E-state index contributed by atoms with van der Waals surface area (Å²) in [5.74, 6) is 0.895. The number of carbonyl (C=O) groups is 1. The van der Waals surface area contributed by atoms with Crippen molar-refractivity contribution in [3.8, 4) is 0 Å². The normalized spacial score (nSPS) is 12.3. The van der Waals surface area contributed by atoms with Crippen LogP contribution in [-0.4, -0.2) is 37.0 Å². The number of benzene rings is 2. The number of nitrogens with zero attached hydrogens (tertiary/aromatic N) is 4. The number of para-hydroxylation sites is 1. The molecule has 0 bridgehead atoms. The van der Waals surface area contributed by atoms with Crippen LogP contribution >= 0.6 is 0 Å². The fourth-order valence-electron chi connectivity index (χ4n) is 4.18. The van der Waals surface area contributed by atoms with Crippen LogP contribution < -0.4 is 5.32 Å². The van der Waals surface area contributed by atoms with Crippen LogP contribution in [0.1, 0.15) is 34.3 Å². The molecular weight excluding hydrogens is 400 g/mol. The highest BCUT2D eigenvalue weighted by molar-refractivity contribution is 5.84. The van der Waals surface area contributed by atoms with Gasteiger partial charge in [0, 0.05) is 41.0 Å². The zero-order valence-electron chi connectivity index (χ0n) is 18.0. The first-order valence-electron chi connectivity index (χ1n) is 10.7. The van der Waals surface area contributed by atoms with Crippen LogP contribution in [0.4, 0.5) is 0 Å². The second kappa shape index (κ2) is 8.26. The van der Waals surface area contributed by atoms with Gasteiger partial charge in [0.2, 0.25) is 5.91 Å². The van der Waals surface area contributed by atoms with E-state index >= 15 is 0 Å². The smallest absolute Gasteiger partial charge is 0.252 e. The summed E-state index contributed by atoms with van der Waals surface area (Å²) < 4.78 is 1.67. The van der Waals surface area contributed by atoms with Crippen LogP contribution in [0.3, 0.4) is 0 Å². The molecule has 0 saturated carbocycles. The number of aromatic amines is 1. The average molecular weight is 425 g/mol. The Morgan fingerprint density at radius 3 is 2.69 bits per heavy atom. The van der Waals surface area contributed by atoms with Gasteiger partial charge in [0.1, 0.15) is 0 Å². The molecule has 3 heterocycles. The summed E-state index contributed by atoms with van der Waals surface area (Å²) in [5, 5.41) is 8.70. The van der Waals surface area contributed by atoms with Gasteiger partial charge in [-0.1, -0.05) is 48.5 Å². The van der Waals surface area contributed by atoms with Crippen molar-refractivity contribution in [2.24, 2.45) is 0 Å². The molecule has 0 saturated heterocycles. The van der Waals surface area contributed by atoms with Crippen LogP contribution in [0, 0.1) is 13.8 Å². The summed E-state index contributed by atoms with van der Waals surface area (Å²) in [7, 11) is 0. The van der Waals surface area contributed by atoms with E-state index in [-0.39, 0.29) is 18.2 Å². The number of amides is 1. The van der Waals surface area contributed by atoms with E-state index in [2.05, 4.69) is 49.6 Å². The van der Waals surface area contributed by atoms with Crippen LogP contribution in [-0.2, 0) is 11.2 Å². The molecule has 0 spiro atoms. The van der Waals surface area contributed by atoms with E-state index < -0.39 is 0 Å². The van der Waals surface area contributed by atoms with E-state index in [4.69, 9.17) is 0 Å². The zero-order chi connectivity index (χ0) is 22.1. The van der Waals surface area contributed by atoms with Gasteiger partial charge in [0.15, 0.2) is 5.82 Å². The minimum atomic E-state index is -0.115. The molecule has 7 nitrogen and oxygen atoms in total. The van der Waals surface area contributed by atoms with Crippen LogP contribution in [0.2, 0.25) is 0 Å². The Morgan fingerprint density at radius 1 is 1.06 bits per heavy atom. The third-order valence-electron chi connectivity index (χ3n) is 5.68. The van der Waals surface area contributed by atoms with Crippen molar-refractivity contribution in [1.82, 2.24) is 29.9 Å². The number of hydrogen-bond acceptors (Lipinski definition) is 4. The van der Waals surface area contributed by atoms with E-state index in [9.17, 15) is 4.79 Å². The van der Waals surface area contributed by atoms with Gasteiger partial charge in [-0.25, -0.2) is 9.50 Å². The van der Waals surface area contributed by atoms with Gasteiger partial charge in [-0.05, 0) is 37.1 Å². The number of carbonyl (C=O) groups excluding carboxylic acids is 1. The van der Waals surface area contributed by atoms with E-state index in [1.54, 1.807) is 4.52 Å². The molecule has 2 aromatic carbocycles. The van der Waals surface area contributed by atoms with Crippen LogP contribution in [0.15, 0.2) is 66.9 Å². The number of fused-ring (bicyclic) bond motifs is 2. The molecule has 0 fully saturated rings. The van der Waals surface area contributed by atoms with Crippen molar-refractivity contribution in [3.63, 3.8) is 0 Å². The summed E-state index contributed by atoms with van der Waals surface area (Å²) in [4.78, 5) is 25.0. The van der Waals surface area contributed by atoms with Crippen molar-refractivity contribution in [1.29, 1.82) is 0 Å². The molecule has 7 heteroatoms. The molecule has 5 rings (SSSR count). The lowest BCUT2D eigenvalue weighted by molar-refractivity contribution is -0.120. The van der Waals surface area contributed by atoms with E-state index in [1.807, 2.05) is 56.4 Å². The Kier molecular flexibility index (Phi) is 5.15. The number of aromatic nitrogens is 5. The average Bonchev–Trinajstić information content (AvgIpc) is 3.39. The maximum Gasteiger partial charge on any atom is 0.252 e. The van der Waals surface area contributed by atoms with E-state index in [1.165, 1.54) is 0 Å². The van der Waals surface area contributed by atoms with Crippen LogP contribution in [0.25, 0.3) is 16.7 Å². The Hall–Kier alpha value is -4.00. The highest BCUT2D eigenvalue weighted by Crippen LogP contribution is 2.30. The van der Waals surface area contributed by atoms with Gasteiger partial charge >= 0.3 is 0 Å². The predicted octanol–water partition coefficient (Wildman–Crippen LogP) is 3.71. The Bertz CT molecular complexity index is 1400. The van der Waals surface area contributed by atoms with E-state index in [0.717, 1.165) is 33.4 Å². The van der Waals surface area contributed by atoms with Crippen molar-refractivity contribution >= 4 is 22.6 Å². The molecule has 5 aromatic rings. The van der Waals surface area contributed by atoms with Crippen molar-refractivity contribution < 1.29 is 4.79 Å². The van der Waals surface area contributed by atoms with E-state index in [0.29, 0.717) is 18.1 Å². The van der Waals surface area contributed by atoms with Gasteiger partial charge in [0.25, 0.3) is 5.78 Å². The SMILES string of the molecule is Cc1cc(C)n2nc(CC(=O)NCC(c3ccccc3)c3c[nH]c4ccccc34)nc2n1. The zero-order valence-corrected chi connectivity index (χ0v) is 18.0. The number of nitrogens with one attached hydrogen (secondary N) is 2. The number of hydrogen-bond donors (Lipinski definition) is 2. The molecule has 0 aliphatic heterocycles. The number of aryl methyl sites for hydroxylation is 2. The summed E-state index contributed by atoms with van der Waals surface area (Å²) in [6, 6.07) is 20.4. The Morgan fingerprint density at radius 2 is 1.84 bits per heavy atom. The van der Waals surface area contributed by atoms with Gasteiger partial charge in [0.05, 0.1) is 6.42 Å². The molecule has 0 radical (unpaired) electrons. The lowest BCUT2D eigenvalue weighted by Gasteiger charge is -2.18. The van der Waals surface area contributed by atoms with Gasteiger partial charge in [-0.3, -0.25) is 4.79 Å². The van der Waals surface area contributed by atoms with Crippen molar-refractivity contribution in [2.45, 2.75) is 26.2 Å². The molecule has 160 valence electrons. The summed E-state index contributed by atoms with van der Waals surface area (Å²) >= 11 is 0. The minimum Gasteiger partial charge on any atom is -0.361 e. The fraction of sp³-hybridized carbons (Fsp3) is 0.200. The first-order chi connectivity index (χ1) is 15.6. The maximum absolute atomic E-state index is 12.8. The first kappa shape index (κ1) is 19.9. The van der Waals surface area contributed by atoms with Crippen molar-refractivity contribution in [2.75, 3.05) is 6.54 Å². The molecule has 2 N–H and O–H groups in total. The molecule has 3 aromatic heterocycles. The van der Waals surface area contributed by atoms with Gasteiger partial charge in [-0.2, -0.15) is 4.98 Å². The molecule has 0 aliphatic carbocycles. The standard InChI is InChI=1S/C25H24N6O/c1-16-12-17(2)31-25(28-16)29-23(30-31)13-24(32)27-14-20(18-8-4-3-5-9-18)21-15-26-22-11-7-6-10-19(21)22/h3-12,15,20,26H,13-14H2,1-2H3,(H,27,32). The highest BCUT2D eigenvalue weighted by atomic mass is 16.1. The molecule has 0 aliphatic rings. The van der Waals surface area contributed by atoms with Gasteiger partial charge < -0.3 is 10.3 Å². The predicted molar refractivity (Wildman–Crippen MR) is 124 cm³/mol. The lowest BCUT2D eigenvalue weighted by Crippen LogP contribution is -2.30. The Labute approximate surface area is 185 Å². The molecule has 1 atom stereocenters. The number of rotatable bonds is 6. The molecule has 1 unspecified atom stereocenters. The first-order valence-corrected chi connectivity index (χ1v) is 10.7. The summed E-state index contributed by atoms with van der Waals surface area (Å²) in [5.41, 5.74) is 5.21. The monoisotopic (exact) mass is 424 g/mol. The van der Waals surface area contributed by atoms with Crippen molar-refractivity contribution in [3.05, 3.63) is 95.2 Å². The quantitative estimate of drug-likeness (QED) is 0.435. The third-order valence-corrected chi connectivity index (χ3v) is 5.68. The highest BCUT2D eigenvalue weighted by Gasteiger charge is 2.20. The minimum absolute atomic E-state index is 0.0249. The topological polar surface area (TPSA) is 88.0 Å². The summed E-state index contributed by atoms with van der Waals surface area (Å²) in [6.45, 7) is 4.35. The Balaban J connectivity index is 1.37. The van der Waals surface area contributed by atoms with Gasteiger partial charge in [-0.15, -0.1) is 5.10 Å².